The first-order valence-corrected chi connectivity index (χ1v) is 17.0. The molecule has 10 unspecified atom stereocenters. The summed E-state index contributed by atoms with van der Waals surface area (Å²) in [5.74, 6) is 5.11. The van der Waals surface area contributed by atoms with Gasteiger partial charge in [0.1, 0.15) is 11.8 Å². The fourth-order valence-electron chi connectivity index (χ4n) is 10.9. The molecule has 6 nitrogen and oxygen atoms in total. The van der Waals surface area contributed by atoms with Gasteiger partial charge in [-0.1, -0.05) is 65.6 Å². The molecule has 1 N–H and O–H groups in total. The molecule has 2 heterocycles. The number of rotatable bonds is 6. The first-order chi connectivity index (χ1) is 18.5. The van der Waals surface area contributed by atoms with Crippen LogP contribution < -0.4 is 5.43 Å². The van der Waals surface area contributed by atoms with Crippen molar-refractivity contribution in [3.8, 4) is 0 Å². The highest BCUT2D eigenvalue weighted by atomic mass is 32.2. The smallest absolute Gasteiger partial charge is 0.302 e. The second kappa shape index (κ2) is 10.0. The maximum atomic E-state index is 12.8. The van der Waals surface area contributed by atoms with Gasteiger partial charge in [0.2, 0.25) is 0 Å². The molecule has 1 amide bonds. The van der Waals surface area contributed by atoms with Crippen LogP contribution in [0.4, 0.5) is 0 Å². The van der Waals surface area contributed by atoms with Crippen LogP contribution in [0.25, 0.3) is 0 Å². The van der Waals surface area contributed by atoms with E-state index >= 15 is 0 Å². The lowest BCUT2D eigenvalue weighted by molar-refractivity contribution is -0.181. The summed E-state index contributed by atoms with van der Waals surface area (Å²) in [7, 11) is 0. The van der Waals surface area contributed by atoms with E-state index in [0.717, 1.165) is 54.5 Å². The van der Waals surface area contributed by atoms with E-state index in [1.54, 1.807) is 16.8 Å². The Hall–Kier alpha value is -1.08. The molecule has 6 rings (SSSR count). The monoisotopic (exact) mass is 557 g/mol. The highest BCUT2D eigenvalue weighted by molar-refractivity contribution is 8.15. The fraction of sp³-hybridized carbons (Fsp3) is 0.906. The molecule has 218 valence electrons. The van der Waals surface area contributed by atoms with Crippen LogP contribution in [0, 0.1) is 52.3 Å². The summed E-state index contributed by atoms with van der Waals surface area (Å²) >= 11 is 1.58. The lowest BCUT2D eigenvalue weighted by Gasteiger charge is -2.65. The Morgan fingerprint density at radius 3 is 2.56 bits per heavy atom. The van der Waals surface area contributed by atoms with E-state index in [4.69, 9.17) is 9.73 Å². The minimum Gasteiger partial charge on any atom is -0.463 e. The number of amidine groups is 1. The lowest BCUT2D eigenvalue weighted by Crippen LogP contribution is -2.67. The summed E-state index contributed by atoms with van der Waals surface area (Å²) in [6.45, 7) is 14.0. The van der Waals surface area contributed by atoms with Crippen LogP contribution >= 0.6 is 11.8 Å². The molecule has 0 radical (unpaired) electrons. The van der Waals surface area contributed by atoms with Crippen molar-refractivity contribution < 1.29 is 14.3 Å². The SMILES string of the molecule is CC(=O)OC1CCC2(C)C3CCC4(C)C(C(C)CCCC(C)C)CCC4C3CC3(N=C4SCC(=O)N4N3)C2C1. The normalized spacial score (nSPS) is 45.6. The number of hydrogen-bond donors (Lipinski definition) is 1. The van der Waals surface area contributed by atoms with Crippen LogP contribution in [-0.2, 0) is 14.3 Å². The summed E-state index contributed by atoms with van der Waals surface area (Å²) in [6, 6.07) is 0. The van der Waals surface area contributed by atoms with Crippen LogP contribution in [-0.4, -0.2) is 39.6 Å². The van der Waals surface area contributed by atoms with E-state index in [1.807, 2.05) is 0 Å². The standard InChI is InChI=1S/C32H51N3O3S/c1-19(2)8-7-9-20(3)24-10-11-25-23-17-32(33-29-35(34-32)28(37)18-39-29)27-16-22(38-21(4)36)12-14-31(27,6)26(23)13-15-30(24,25)5/h19-20,22-27,34H,7-18H2,1-6H3. The van der Waals surface area contributed by atoms with Gasteiger partial charge < -0.3 is 4.74 Å². The Labute approximate surface area is 240 Å². The van der Waals surface area contributed by atoms with E-state index < -0.39 is 5.66 Å². The number of ether oxygens (including phenoxy) is 1. The second-order valence-electron chi connectivity index (χ2n) is 15.1. The summed E-state index contributed by atoms with van der Waals surface area (Å²) in [5.41, 5.74) is 3.81. The van der Waals surface area contributed by atoms with Gasteiger partial charge in [0, 0.05) is 12.8 Å². The van der Waals surface area contributed by atoms with Crippen molar-refractivity contribution in [2.75, 3.05) is 5.75 Å². The van der Waals surface area contributed by atoms with Crippen LogP contribution in [0.15, 0.2) is 4.99 Å². The molecule has 4 saturated carbocycles. The molecule has 0 aromatic heterocycles. The van der Waals surface area contributed by atoms with Crippen molar-refractivity contribution in [3.63, 3.8) is 0 Å². The van der Waals surface area contributed by atoms with Crippen molar-refractivity contribution in [3.05, 3.63) is 0 Å². The number of aliphatic imine (C=N–C) groups is 1. The summed E-state index contributed by atoms with van der Waals surface area (Å²) in [6.07, 6.45) is 13.3. The predicted octanol–water partition coefficient (Wildman–Crippen LogP) is 6.80. The summed E-state index contributed by atoms with van der Waals surface area (Å²) in [4.78, 5) is 30.1. The third-order valence-corrected chi connectivity index (χ3v) is 13.5. The maximum Gasteiger partial charge on any atom is 0.302 e. The molecule has 1 spiro atoms. The molecule has 10 atom stereocenters. The zero-order valence-electron chi connectivity index (χ0n) is 25.1. The van der Waals surface area contributed by atoms with Gasteiger partial charge in [-0.15, -0.1) is 0 Å². The average Bonchev–Trinajstić information content (AvgIpc) is 3.51. The van der Waals surface area contributed by atoms with Gasteiger partial charge in [-0.25, -0.2) is 10.0 Å². The topological polar surface area (TPSA) is 71.0 Å². The number of nitrogens with one attached hydrogen (secondary N) is 1. The molecule has 7 heteroatoms. The average molecular weight is 558 g/mol. The van der Waals surface area contributed by atoms with Gasteiger partial charge in [-0.2, -0.15) is 5.43 Å². The van der Waals surface area contributed by atoms with Crippen LogP contribution in [0.5, 0.6) is 0 Å². The highest BCUT2D eigenvalue weighted by Gasteiger charge is 2.68. The number of amides is 1. The Morgan fingerprint density at radius 1 is 1.10 bits per heavy atom. The third-order valence-electron chi connectivity index (χ3n) is 12.6. The van der Waals surface area contributed by atoms with Crippen molar-refractivity contribution in [2.24, 2.45) is 57.2 Å². The first kappa shape index (κ1) is 28.1. The van der Waals surface area contributed by atoms with Gasteiger partial charge in [0.25, 0.3) is 5.91 Å². The quantitative estimate of drug-likeness (QED) is 0.364. The van der Waals surface area contributed by atoms with E-state index in [1.165, 1.54) is 51.9 Å². The van der Waals surface area contributed by atoms with Crippen LogP contribution in [0.3, 0.4) is 0 Å². The number of carbonyl (C=O) groups excluding carboxylic acids is 2. The Balaban J connectivity index is 1.30. The van der Waals surface area contributed by atoms with Crippen molar-refractivity contribution >= 4 is 28.8 Å². The largest absolute Gasteiger partial charge is 0.463 e. The van der Waals surface area contributed by atoms with E-state index in [2.05, 4.69) is 40.0 Å². The molecule has 4 aliphatic carbocycles. The molecule has 6 aliphatic rings. The number of hydrogen-bond acceptors (Lipinski definition) is 6. The molecule has 5 fully saturated rings. The molecule has 1 saturated heterocycles. The van der Waals surface area contributed by atoms with Crippen molar-refractivity contribution in [2.45, 2.75) is 124 Å². The van der Waals surface area contributed by atoms with Gasteiger partial charge in [0.05, 0.1) is 5.75 Å². The molecular formula is C32H51N3O3S. The van der Waals surface area contributed by atoms with E-state index in [0.29, 0.717) is 23.0 Å². The number of hydrazine groups is 1. The van der Waals surface area contributed by atoms with E-state index in [-0.39, 0.29) is 29.3 Å². The molecular weight excluding hydrogens is 506 g/mol. The number of carbonyl (C=O) groups is 2. The molecule has 39 heavy (non-hydrogen) atoms. The van der Waals surface area contributed by atoms with E-state index in [9.17, 15) is 9.59 Å². The Kier molecular flexibility index (Phi) is 7.22. The molecule has 2 aliphatic heterocycles. The minimum atomic E-state index is -0.466. The van der Waals surface area contributed by atoms with Gasteiger partial charge in [-0.3, -0.25) is 9.59 Å². The van der Waals surface area contributed by atoms with Crippen LogP contribution in [0.2, 0.25) is 0 Å². The van der Waals surface area contributed by atoms with Gasteiger partial charge in [-0.05, 0) is 97.7 Å². The van der Waals surface area contributed by atoms with Crippen LogP contribution in [0.1, 0.15) is 112 Å². The summed E-state index contributed by atoms with van der Waals surface area (Å²) < 4.78 is 5.81. The zero-order chi connectivity index (χ0) is 27.7. The van der Waals surface area contributed by atoms with Gasteiger partial charge in [0.15, 0.2) is 5.17 Å². The fourth-order valence-corrected chi connectivity index (χ4v) is 11.8. The molecule has 0 bridgehead atoms. The molecule has 0 aromatic rings. The second-order valence-corrected chi connectivity index (χ2v) is 16.1. The number of nitrogens with zero attached hydrogens (tertiary/aromatic N) is 2. The van der Waals surface area contributed by atoms with Crippen molar-refractivity contribution in [1.82, 2.24) is 10.4 Å². The first-order valence-electron chi connectivity index (χ1n) is 16.0. The number of thioether (sulfide) groups is 1. The number of esters is 1. The zero-order valence-corrected chi connectivity index (χ0v) is 25.9. The lowest BCUT2D eigenvalue weighted by atomic mass is 9.42. The Bertz CT molecular complexity index is 1030. The third kappa shape index (κ3) is 4.51. The number of fused-ring (bicyclic) bond motifs is 7. The van der Waals surface area contributed by atoms with Gasteiger partial charge >= 0.3 is 5.97 Å². The summed E-state index contributed by atoms with van der Waals surface area (Å²) in [5, 5.41) is 2.62. The van der Waals surface area contributed by atoms with Crippen molar-refractivity contribution in [1.29, 1.82) is 0 Å². The molecule has 0 aromatic carbocycles. The highest BCUT2D eigenvalue weighted by Crippen LogP contribution is 2.70. The predicted molar refractivity (Wildman–Crippen MR) is 157 cm³/mol. The Morgan fingerprint density at radius 2 is 1.85 bits per heavy atom. The maximum absolute atomic E-state index is 12.8. The minimum absolute atomic E-state index is 0.0498.